The first-order valence-electron chi connectivity index (χ1n) is 11.1. The van der Waals surface area contributed by atoms with Crippen LogP contribution in [0.25, 0.3) is 0 Å². The van der Waals surface area contributed by atoms with Crippen LogP contribution in [0.4, 0.5) is 5.69 Å². The largest absolute Gasteiger partial charge is 0.492 e. The van der Waals surface area contributed by atoms with E-state index >= 15 is 0 Å². The van der Waals surface area contributed by atoms with Crippen LogP contribution in [0.5, 0.6) is 5.75 Å². The zero-order valence-electron chi connectivity index (χ0n) is 17.7. The van der Waals surface area contributed by atoms with Gasteiger partial charge in [0, 0.05) is 57.6 Å². The predicted octanol–water partition coefficient (Wildman–Crippen LogP) is 3.51. The highest BCUT2D eigenvalue weighted by Gasteiger charge is 2.19. The molecule has 1 aromatic heterocycles. The van der Waals surface area contributed by atoms with Gasteiger partial charge in [-0.15, -0.1) is 0 Å². The summed E-state index contributed by atoms with van der Waals surface area (Å²) in [5, 5.41) is 0. The van der Waals surface area contributed by atoms with Gasteiger partial charge in [-0.3, -0.25) is 14.8 Å². The van der Waals surface area contributed by atoms with Gasteiger partial charge in [0.05, 0.1) is 11.9 Å². The van der Waals surface area contributed by atoms with E-state index in [0.717, 1.165) is 57.5 Å². The number of rotatable bonds is 7. The van der Waals surface area contributed by atoms with Crippen molar-refractivity contribution in [3.8, 4) is 5.75 Å². The zero-order valence-corrected chi connectivity index (χ0v) is 17.7. The lowest BCUT2D eigenvalue weighted by Gasteiger charge is -2.36. The van der Waals surface area contributed by atoms with E-state index in [1.165, 1.54) is 37.2 Å². The van der Waals surface area contributed by atoms with E-state index in [4.69, 9.17) is 4.74 Å². The van der Waals surface area contributed by atoms with E-state index < -0.39 is 0 Å². The molecule has 0 radical (unpaired) electrons. The van der Waals surface area contributed by atoms with E-state index in [1.807, 2.05) is 18.5 Å². The predicted molar refractivity (Wildman–Crippen MR) is 119 cm³/mol. The van der Waals surface area contributed by atoms with Gasteiger partial charge in [0.25, 0.3) is 0 Å². The number of nitrogens with zero attached hydrogens (tertiary/aromatic N) is 4. The summed E-state index contributed by atoms with van der Waals surface area (Å²) in [5.74, 6) is 1.87. The second kappa shape index (κ2) is 10.1. The van der Waals surface area contributed by atoms with Crippen LogP contribution in [0, 0.1) is 5.92 Å². The number of anilines is 1. The number of benzene rings is 1. The van der Waals surface area contributed by atoms with E-state index in [0.29, 0.717) is 0 Å². The van der Waals surface area contributed by atoms with Gasteiger partial charge in [0.2, 0.25) is 0 Å². The second-order valence-corrected chi connectivity index (χ2v) is 8.48. The Morgan fingerprint density at radius 1 is 1.00 bits per heavy atom. The smallest absolute Gasteiger partial charge is 0.123 e. The lowest BCUT2D eigenvalue weighted by Crippen LogP contribution is -2.46. The Kier molecular flexibility index (Phi) is 7.01. The summed E-state index contributed by atoms with van der Waals surface area (Å²) >= 11 is 0. The Morgan fingerprint density at radius 2 is 1.86 bits per heavy atom. The maximum absolute atomic E-state index is 6.22. The van der Waals surface area contributed by atoms with Crippen molar-refractivity contribution in [2.75, 3.05) is 57.3 Å². The molecule has 0 aliphatic carbocycles. The first kappa shape index (κ1) is 20.2. The minimum Gasteiger partial charge on any atom is -0.492 e. The maximum Gasteiger partial charge on any atom is 0.123 e. The van der Waals surface area contributed by atoms with Crippen LogP contribution in [0.3, 0.4) is 0 Å². The van der Waals surface area contributed by atoms with Crippen molar-refractivity contribution >= 4 is 5.69 Å². The number of pyridine rings is 1. The van der Waals surface area contributed by atoms with E-state index in [1.54, 1.807) is 0 Å². The molecule has 0 N–H and O–H groups in total. The summed E-state index contributed by atoms with van der Waals surface area (Å²) in [5.41, 5.74) is 2.53. The van der Waals surface area contributed by atoms with Gasteiger partial charge in [-0.05, 0) is 43.5 Å². The molecule has 2 aromatic rings. The Bertz CT molecular complexity index is 746. The molecule has 0 spiro atoms. The molecule has 2 fully saturated rings. The summed E-state index contributed by atoms with van der Waals surface area (Å²) in [6, 6.07) is 12.7. The highest BCUT2D eigenvalue weighted by atomic mass is 16.5. The molecule has 1 atom stereocenters. The average Bonchev–Trinajstić information content (AvgIpc) is 2.76. The topological polar surface area (TPSA) is 31.8 Å². The van der Waals surface area contributed by atoms with E-state index in [2.05, 4.69) is 56.9 Å². The number of likely N-dealkylation sites (tertiary alicyclic amines) is 1. The standard InChI is InChI=1S/C24H34N4O/c1-21-6-5-11-26(19-21)16-17-29-24-9-3-2-7-22(24)20-27-12-14-28(15-13-27)23-8-4-10-25-18-23/h2-4,7-10,18,21H,5-6,11-17,19-20H2,1H3. The third kappa shape index (κ3) is 5.71. The number of piperazine rings is 1. The van der Waals surface area contributed by atoms with Crippen molar-refractivity contribution in [1.82, 2.24) is 14.8 Å². The Hall–Kier alpha value is -2.11. The van der Waals surface area contributed by atoms with Crippen LogP contribution in [0.2, 0.25) is 0 Å². The lowest BCUT2D eigenvalue weighted by molar-refractivity contribution is 0.152. The normalized spacial score (nSPS) is 21.3. The quantitative estimate of drug-likeness (QED) is 0.717. The molecule has 0 amide bonds. The fourth-order valence-electron chi connectivity index (χ4n) is 4.50. The summed E-state index contributed by atoms with van der Waals surface area (Å²) in [7, 11) is 0. The molecule has 0 saturated carbocycles. The van der Waals surface area contributed by atoms with Crippen LogP contribution in [0.15, 0.2) is 48.8 Å². The van der Waals surface area contributed by atoms with Crippen LogP contribution in [-0.4, -0.2) is 67.2 Å². The molecule has 3 heterocycles. The van der Waals surface area contributed by atoms with Gasteiger partial charge in [-0.2, -0.15) is 0 Å². The molecule has 4 rings (SSSR count). The van der Waals surface area contributed by atoms with Crippen molar-refractivity contribution in [3.63, 3.8) is 0 Å². The monoisotopic (exact) mass is 394 g/mol. The summed E-state index contributed by atoms with van der Waals surface area (Å²) < 4.78 is 6.22. The first-order valence-corrected chi connectivity index (χ1v) is 11.1. The van der Waals surface area contributed by atoms with Crippen LogP contribution < -0.4 is 9.64 Å². The molecule has 29 heavy (non-hydrogen) atoms. The van der Waals surface area contributed by atoms with Crippen LogP contribution in [0.1, 0.15) is 25.3 Å². The molecule has 0 bridgehead atoms. The number of hydrogen-bond donors (Lipinski definition) is 0. The fourth-order valence-corrected chi connectivity index (χ4v) is 4.50. The SMILES string of the molecule is CC1CCCN(CCOc2ccccc2CN2CCN(c3cccnc3)CC2)C1. The molecule has 156 valence electrons. The molecular formula is C24H34N4O. The molecule has 1 aromatic carbocycles. The molecule has 2 aliphatic rings. The molecule has 2 saturated heterocycles. The second-order valence-electron chi connectivity index (χ2n) is 8.48. The first-order chi connectivity index (χ1) is 14.3. The molecular weight excluding hydrogens is 360 g/mol. The van der Waals surface area contributed by atoms with Gasteiger partial charge in [-0.1, -0.05) is 25.1 Å². The zero-order chi connectivity index (χ0) is 19.9. The van der Waals surface area contributed by atoms with Crippen molar-refractivity contribution < 1.29 is 4.74 Å². The van der Waals surface area contributed by atoms with Gasteiger partial charge < -0.3 is 9.64 Å². The summed E-state index contributed by atoms with van der Waals surface area (Å²) in [4.78, 5) is 11.8. The van der Waals surface area contributed by atoms with Crippen molar-refractivity contribution in [2.24, 2.45) is 5.92 Å². The highest BCUT2D eigenvalue weighted by Crippen LogP contribution is 2.22. The summed E-state index contributed by atoms with van der Waals surface area (Å²) in [6.07, 6.45) is 6.49. The highest BCUT2D eigenvalue weighted by molar-refractivity contribution is 5.44. The van der Waals surface area contributed by atoms with Crippen LogP contribution in [-0.2, 0) is 6.54 Å². The average molecular weight is 395 g/mol. The third-order valence-corrected chi connectivity index (χ3v) is 6.16. The van der Waals surface area contributed by atoms with E-state index in [9.17, 15) is 0 Å². The molecule has 2 aliphatic heterocycles. The molecule has 1 unspecified atom stereocenters. The van der Waals surface area contributed by atoms with Gasteiger partial charge in [0.15, 0.2) is 0 Å². The summed E-state index contributed by atoms with van der Waals surface area (Å²) in [6.45, 7) is 11.8. The van der Waals surface area contributed by atoms with Crippen molar-refractivity contribution in [1.29, 1.82) is 0 Å². The number of hydrogen-bond acceptors (Lipinski definition) is 5. The fraction of sp³-hybridized carbons (Fsp3) is 0.542. The van der Waals surface area contributed by atoms with Crippen molar-refractivity contribution in [2.45, 2.75) is 26.3 Å². The lowest BCUT2D eigenvalue weighted by atomic mass is 10.0. The Morgan fingerprint density at radius 3 is 2.66 bits per heavy atom. The number of piperidine rings is 1. The Labute approximate surface area is 175 Å². The van der Waals surface area contributed by atoms with Crippen molar-refractivity contribution in [3.05, 3.63) is 54.4 Å². The van der Waals surface area contributed by atoms with Gasteiger partial charge in [0.1, 0.15) is 12.4 Å². The van der Waals surface area contributed by atoms with Crippen LogP contribution >= 0.6 is 0 Å². The Balaban J connectivity index is 1.26. The van der Waals surface area contributed by atoms with Gasteiger partial charge in [-0.25, -0.2) is 0 Å². The number of ether oxygens (including phenoxy) is 1. The number of para-hydroxylation sites is 1. The third-order valence-electron chi connectivity index (χ3n) is 6.16. The maximum atomic E-state index is 6.22. The molecule has 5 heteroatoms. The van der Waals surface area contributed by atoms with Gasteiger partial charge >= 0.3 is 0 Å². The number of aromatic nitrogens is 1. The minimum absolute atomic E-state index is 0.776. The minimum atomic E-state index is 0.776. The molecule has 5 nitrogen and oxygen atoms in total. The van der Waals surface area contributed by atoms with E-state index in [-0.39, 0.29) is 0 Å².